The number of fused-ring (bicyclic) bond motifs is 2. The minimum Gasteiger partial charge on any atom is -0.478 e. The summed E-state index contributed by atoms with van der Waals surface area (Å²) >= 11 is 0. The molecule has 3 aromatic heterocycles. The number of carboxylic acid groups (broad SMARTS) is 1. The molecule has 1 aliphatic carbocycles. The molecule has 29 heavy (non-hydrogen) atoms. The number of benzene rings is 1. The van der Waals surface area contributed by atoms with Crippen LogP contribution >= 0.6 is 0 Å². The number of nitrogens with zero attached hydrogens (tertiary/aromatic N) is 4. The third-order valence-electron chi connectivity index (χ3n) is 5.54. The summed E-state index contributed by atoms with van der Waals surface area (Å²) in [5.74, 6) is -0.1000. The number of aromatic nitrogens is 4. The first kappa shape index (κ1) is 20.1. The fraction of sp³-hybridized carbons (Fsp3) is 0.273. The van der Waals surface area contributed by atoms with Gasteiger partial charge in [0.05, 0.1) is 16.6 Å². The summed E-state index contributed by atoms with van der Waals surface area (Å²) in [5.41, 5.74) is 3.51. The number of imidazole rings is 1. The largest absolute Gasteiger partial charge is 0.478 e. The van der Waals surface area contributed by atoms with Gasteiger partial charge < -0.3 is 19.6 Å². The summed E-state index contributed by atoms with van der Waals surface area (Å²) < 4.78 is 2.28. The molecule has 6 nitrogen and oxygen atoms in total. The van der Waals surface area contributed by atoms with Crippen molar-refractivity contribution in [3.8, 4) is 11.4 Å². The Kier molecular flexibility index (Phi) is 5.75. The van der Waals surface area contributed by atoms with Gasteiger partial charge in [0.1, 0.15) is 5.82 Å². The van der Waals surface area contributed by atoms with Crippen LogP contribution in [0.1, 0.15) is 48.5 Å². The van der Waals surface area contributed by atoms with Crippen LogP contribution in [0.15, 0.2) is 42.6 Å². The average molecular weight is 460 g/mol. The van der Waals surface area contributed by atoms with Crippen molar-refractivity contribution in [3.63, 3.8) is 0 Å². The maximum atomic E-state index is 11.4. The normalized spacial score (nSPS) is 14.8. The minimum atomic E-state index is -0.939. The molecule has 0 saturated heterocycles. The van der Waals surface area contributed by atoms with Gasteiger partial charge in [-0.05, 0) is 31.0 Å². The summed E-state index contributed by atoms with van der Waals surface area (Å²) in [7, 11) is 0. The molecule has 0 unspecified atom stereocenters. The van der Waals surface area contributed by atoms with E-state index >= 15 is 0 Å². The predicted octanol–water partition coefficient (Wildman–Crippen LogP) is 4.65. The molecular weight excluding hydrogens is 441 g/mol. The Morgan fingerprint density at radius 2 is 1.97 bits per heavy atom. The number of hydrogen-bond acceptors (Lipinski definition) is 4. The monoisotopic (exact) mass is 460 g/mol. The summed E-state index contributed by atoms with van der Waals surface area (Å²) in [5, 5.41) is 10.3. The topological polar surface area (TPSA) is 80.9 Å². The molecule has 4 aromatic rings. The van der Waals surface area contributed by atoms with Crippen LogP contribution in [0.2, 0.25) is 0 Å². The maximum Gasteiger partial charge on any atom is 0.335 e. The first-order chi connectivity index (χ1) is 13.7. The van der Waals surface area contributed by atoms with Crippen molar-refractivity contribution in [1.82, 2.24) is 19.5 Å². The second kappa shape index (κ2) is 8.29. The van der Waals surface area contributed by atoms with E-state index in [2.05, 4.69) is 20.7 Å². The van der Waals surface area contributed by atoms with E-state index in [1.807, 2.05) is 18.2 Å². The van der Waals surface area contributed by atoms with E-state index in [1.165, 1.54) is 19.3 Å². The molecule has 1 radical (unpaired) electrons. The second-order valence-corrected chi connectivity index (χ2v) is 7.32. The molecule has 1 saturated carbocycles. The van der Waals surface area contributed by atoms with E-state index in [9.17, 15) is 9.90 Å². The molecule has 0 atom stereocenters. The molecule has 143 valence electrons. The van der Waals surface area contributed by atoms with Gasteiger partial charge in [-0.3, -0.25) is 0 Å². The quantitative estimate of drug-likeness (QED) is 0.451. The molecule has 0 spiro atoms. The van der Waals surface area contributed by atoms with E-state index in [0.29, 0.717) is 17.2 Å². The first-order valence-corrected chi connectivity index (χ1v) is 9.59. The van der Waals surface area contributed by atoms with E-state index in [-0.39, 0.29) is 38.3 Å². The number of carbonyl (C=O) groups is 1. The van der Waals surface area contributed by atoms with Crippen LogP contribution in [0, 0.1) is 6.20 Å². The summed E-state index contributed by atoms with van der Waals surface area (Å²) in [4.78, 5) is 24.9. The molecule has 3 heterocycles. The predicted molar refractivity (Wildman–Crippen MR) is 106 cm³/mol. The van der Waals surface area contributed by atoms with Crippen molar-refractivity contribution in [2.24, 2.45) is 0 Å². The summed E-state index contributed by atoms with van der Waals surface area (Å²) in [6, 6.07) is 11.3. The molecule has 0 amide bonds. The van der Waals surface area contributed by atoms with Crippen LogP contribution < -0.4 is 0 Å². The van der Waals surface area contributed by atoms with Crippen molar-refractivity contribution < 1.29 is 42.6 Å². The minimum absolute atomic E-state index is 0. The fourth-order valence-electron chi connectivity index (χ4n) is 4.18. The van der Waals surface area contributed by atoms with E-state index in [4.69, 9.17) is 4.98 Å². The van der Waals surface area contributed by atoms with Crippen LogP contribution in [0.4, 0.5) is 0 Å². The first-order valence-electron chi connectivity index (χ1n) is 9.59. The zero-order valence-electron chi connectivity index (χ0n) is 15.9. The Balaban J connectivity index is 0.00000205. The molecule has 1 aliphatic rings. The smallest absolute Gasteiger partial charge is 0.335 e. The molecule has 0 aliphatic heterocycles. The third kappa shape index (κ3) is 3.71. The molecule has 1 aromatic carbocycles. The van der Waals surface area contributed by atoms with Gasteiger partial charge in [-0.1, -0.05) is 36.9 Å². The Morgan fingerprint density at radius 1 is 1.14 bits per heavy atom. The number of carboxylic acids is 1. The third-order valence-corrected chi connectivity index (χ3v) is 5.54. The molecule has 0 bridgehead atoms. The van der Waals surface area contributed by atoms with E-state index in [1.54, 1.807) is 24.4 Å². The average Bonchev–Trinajstić information content (AvgIpc) is 3.12. The standard InChI is InChI=1S/C22H19N4O2.Y/c27-22(28)15-8-9-19-18(12-15)25-21(26(19)17-6-2-1-3-7-17)16-11-14-5-4-10-23-20(14)24-13-16;/h4-5,8-9,11-13,17H,1-3,6-7H2,(H,27,28);/q-1;. The van der Waals surface area contributed by atoms with Gasteiger partial charge in [0, 0.05) is 56.2 Å². The van der Waals surface area contributed by atoms with E-state index < -0.39 is 5.97 Å². The number of aromatic carboxylic acids is 1. The number of rotatable bonds is 3. The zero-order chi connectivity index (χ0) is 19.1. The number of hydrogen-bond donors (Lipinski definition) is 1. The molecule has 1 N–H and O–H groups in total. The Labute approximate surface area is 193 Å². The van der Waals surface area contributed by atoms with Crippen LogP contribution in [-0.2, 0) is 32.7 Å². The SMILES string of the molecule is O=C(O)c1ccc2c(c1)nc(-c1cnc3n[c-]ccc3c1)n2C1CCCCC1.[Y]. The van der Waals surface area contributed by atoms with Crippen LogP contribution in [0.5, 0.6) is 0 Å². The van der Waals surface area contributed by atoms with Crippen molar-refractivity contribution in [1.29, 1.82) is 0 Å². The van der Waals surface area contributed by atoms with Gasteiger partial charge in [-0.2, -0.15) is 12.1 Å². The summed E-state index contributed by atoms with van der Waals surface area (Å²) in [6.07, 6.45) is 10.5. The van der Waals surface area contributed by atoms with Crippen LogP contribution in [0.25, 0.3) is 33.5 Å². The van der Waals surface area contributed by atoms with Crippen molar-refractivity contribution in [3.05, 3.63) is 54.4 Å². The van der Waals surface area contributed by atoms with Gasteiger partial charge >= 0.3 is 5.97 Å². The molecule has 1 fully saturated rings. The molecular formula is C22H19N4O2Y-. The Bertz CT molecular complexity index is 1200. The van der Waals surface area contributed by atoms with Gasteiger partial charge in [-0.15, -0.1) is 0 Å². The van der Waals surface area contributed by atoms with Crippen molar-refractivity contribution in [2.75, 3.05) is 0 Å². The molecule has 7 heteroatoms. The van der Waals surface area contributed by atoms with Gasteiger partial charge in [-0.25, -0.2) is 9.78 Å². The van der Waals surface area contributed by atoms with Crippen molar-refractivity contribution >= 4 is 28.0 Å². The Hall–Kier alpha value is -2.18. The number of pyridine rings is 2. The van der Waals surface area contributed by atoms with Gasteiger partial charge in [0.2, 0.25) is 0 Å². The van der Waals surface area contributed by atoms with Crippen LogP contribution in [0.3, 0.4) is 0 Å². The fourth-order valence-corrected chi connectivity index (χ4v) is 4.18. The van der Waals surface area contributed by atoms with Gasteiger partial charge in [0.15, 0.2) is 0 Å². The van der Waals surface area contributed by atoms with Crippen LogP contribution in [-0.4, -0.2) is 30.6 Å². The second-order valence-electron chi connectivity index (χ2n) is 7.32. The van der Waals surface area contributed by atoms with Gasteiger partial charge in [0.25, 0.3) is 0 Å². The zero-order valence-corrected chi connectivity index (χ0v) is 18.7. The van der Waals surface area contributed by atoms with Crippen molar-refractivity contribution in [2.45, 2.75) is 38.1 Å². The summed E-state index contributed by atoms with van der Waals surface area (Å²) in [6.45, 7) is 0. The Morgan fingerprint density at radius 3 is 2.76 bits per heavy atom. The molecule has 5 rings (SSSR count). The maximum absolute atomic E-state index is 11.4. The van der Waals surface area contributed by atoms with E-state index in [0.717, 1.165) is 35.1 Å².